The van der Waals surface area contributed by atoms with E-state index >= 15 is 0 Å². The zero-order valence-corrected chi connectivity index (χ0v) is 12.2. The first kappa shape index (κ1) is 14.0. The molecule has 0 amide bonds. The minimum atomic E-state index is 0.341. The van der Waals surface area contributed by atoms with Crippen LogP contribution in [-0.2, 0) is 11.3 Å². The van der Waals surface area contributed by atoms with Gasteiger partial charge in [0, 0.05) is 31.8 Å². The lowest BCUT2D eigenvalue weighted by Crippen LogP contribution is -2.33. The summed E-state index contributed by atoms with van der Waals surface area (Å²) in [4.78, 5) is 6.70. The highest BCUT2D eigenvalue weighted by Crippen LogP contribution is 2.28. The Morgan fingerprint density at radius 1 is 1.29 bits per heavy atom. The molecule has 0 N–H and O–H groups in total. The molecule has 0 radical (unpaired) electrons. The lowest BCUT2D eigenvalue weighted by molar-refractivity contribution is 0.112. The van der Waals surface area contributed by atoms with Gasteiger partial charge in [0.2, 0.25) is 11.8 Å². The molecule has 2 aromatic heterocycles. The molecule has 0 saturated carbocycles. The molecular formula is C15H20N4O2. The highest BCUT2D eigenvalue weighted by molar-refractivity contribution is 5.38. The van der Waals surface area contributed by atoms with Gasteiger partial charge >= 0.3 is 0 Å². The minimum absolute atomic E-state index is 0.341. The molecule has 1 saturated heterocycles. The van der Waals surface area contributed by atoms with Gasteiger partial charge in [-0.3, -0.25) is 0 Å². The first-order valence-electron chi connectivity index (χ1n) is 7.43. The molecule has 21 heavy (non-hydrogen) atoms. The van der Waals surface area contributed by atoms with E-state index in [2.05, 4.69) is 20.1 Å². The summed E-state index contributed by atoms with van der Waals surface area (Å²) >= 11 is 0. The van der Waals surface area contributed by atoms with Gasteiger partial charge in [0.05, 0.1) is 0 Å². The summed E-state index contributed by atoms with van der Waals surface area (Å²) in [7, 11) is 0. The second-order valence-electron chi connectivity index (χ2n) is 5.12. The molecule has 0 bridgehead atoms. The maximum absolute atomic E-state index is 5.68. The molecule has 2 aromatic rings. The highest BCUT2D eigenvalue weighted by atomic mass is 16.5. The number of nitrogens with zero attached hydrogens (tertiary/aromatic N) is 4. The summed E-state index contributed by atoms with van der Waals surface area (Å²) in [6.45, 7) is 4.93. The Kier molecular flexibility index (Phi) is 4.45. The number of aromatic nitrogens is 3. The maximum Gasteiger partial charge on any atom is 0.242 e. The Balaban J connectivity index is 1.57. The van der Waals surface area contributed by atoms with Gasteiger partial charge in [0.25, 0.3) is 0 Å². The summed E-state index contributed by atoms with van der Waals surface area (Å²) in [5.74, 6) is 2.69. The van der Waals surface area contributed by atoms with Crippen LogP contribution in [-0.4, -0.2) is 34.9 Å². The molecule has 1 aliphatic rings. The average molecular weight is 288 g/mol. The van der Waals surface area contributed by atoms with Gasteiger partial charge in [-0.15, -0.1) is 10.2 Å². The normalized spacial score (nSPS) is 16.3. The predicted octanol–water partition coefficient (Wildman–Crippen LogP) is 2.39. The molecule has 1 aliphatic heterocycles. The Morgan fingerprint density at radius 2 is 2.14 bits per heavy atom. The Morgan fingerprint density at radius 3 is 2.86 bits per heavy atom. The summed E-state index contributed by atoms with van der Waals surface area (Å²) < 4.78 is 11.0. The van der Waals surface area contributed by atoms with E-state index in [0.29, 0.717) is 25.0 Å². The van der Waals surface area contributed by atoms with Crippen molar-refractivity contribution in [2.24, 2.45) is 0 Å². The highest BCUT2D eigenvalue weighted by Gasteiger charge is 2.25. The zero-order valence-electron chi connectivity index (χ0n) is 12.2. The van der Waals surface area contributed by atoms with Crippen LogP contribution in [0, 0.1) is 0 Å². The number of rotatable bonds is 5. The van der Waals surface area contributed by atoms with E-state index in [1.165, 1.54) is 0 Å². The maximum atomic E-state index is 5.68. The third-order valence-electron chi connectivity index (χ3n) is 3.73. The minimum Gasteiger partial charge on any atom is -0.422 e. The van der Waals surface area contributed by atoms with Crippen LogP contribution in [0.15, 0.2) is 28.8 Å². The molecule has 6 heteroatoms. The predicted molar refractivity (Wildman–Crippen MR) is 78.1 cm³/mol. The van der Waals surface area contributed by atoms with E-state index in [1.807, 2.05) is 31.3 Å². The van der Waals surface area contributed by atoms with Crippen LogP contribution >= 0.6 is 0 Å². The quantitative estimate of drug-likeness (QED) is 0.841. The number of hydrogen-bond acceptors (Lipinski definition) is 6. The number of anilines is 1. The van der Waals surface area contributed by atoms with Crippen molar-refractivity contribution in [3.05, 3.63) is 36.2 Å². The van der Waals surface area contributed by atoms with Crippen LogP contribution in [0.1, 0.15) is 37.5 Å². The van der Waals surface area contributed by atoms with Crippen LogP contribution in [0.3, 0.4) is 0 Å². The molecule has 1 fully saturated rings. The van der Waals surface area contributed by atoms with E-state index in [4.69, 9.17) is 9.15 Å². The van der Waals surface area contributed by atoms with Gasteiger partial charge in [-0.05, 0) is 31.9 Å². The number of pyridine rings is 1. The van der Waals surface area contributed by atoms with E-state index < -0.39 is 0 Å². The second-order valence-corrected chi connectivity index (χ2v) is 5.12. The van der Waals surface area contributed by atoms with Crippen LogP contribution in [0.4, 0.5) is 5.82 Å². The zero-order chi connectivity index (χ0) is 14.5. The van der Waals surface area contributed by atoms with Gasteiger partial charge in [-0.1, -0.05) is 6.07 Å². The van der Waals surface area contributed by atoms with Gasteiger partial charge < -0.3 is 14.1 Å². The third-order valence-corrected chi connectivity index (χ3v) is 3.73. The van der Waals surface area contributed by atoms with Crippen LogP contribution in [0.2, 0.25) is 0 Å². The Bertz CT molecular complexity index is 550. The van der Waals surface area contributed by atoms with Crippen molar-refractivity contribution in [1.29, 1.82) is 0 Å². The molecule has 6 nitrogen and oxygen atoms in total. The fourth-order valence-electron chi connectivity index (χ4n) is 2.58. The molecule has 0 spiro atoms. The van der Waals surface area contributed by atoms with Crippen LogP contribution in [0.25, 0.3) is 0 Å². The SMILES string of the molecule is CCOCc1nnc(C2CCN(c3ccccn3)CC2)o1. The summed E-state index contributed by atoms with van der Waals surface area (Å²) in [6, 6.07) is 6.01. The Labute approximate surface area is 124 Å². The average Bonchev–Trinajstić information content (AvgIpc) is 3.03. The van der Waals surface area contributed by atoms with Crippen molar-refractivity contribution in [3.8, 4) is 0 Å². The van der Waals surface area contributed by atoms with Crippen LogP contribution in [0.5, 0.6) is 0 Å². The largest absolute Gasteiger partial charge is 0.422 e. The molecule has 112 valence electrons. The lowest BCUT2D eigenvalue weighted by atomic mass is 9.97. The number of ether oxygens (including phenoxy) is 1. The van der Waals surface area contributed by atoms with Crippen molar-refractivity contribution >= 4 is 5.82 Å². The monoisotopic (exact) mass is 288 g/mol. The van der Waals surface area contributed by atoms with Gasteiger partial charge in [0.1, 0.15) is 12.4 Å². The van der Waals surface area contributed by atoms with E-state index in [9.17, 15) is 0 Å². The number of piperidine rings is 1. The summed E-state index contributed by atoms with van der Waals surface area (Å²) in [6.07, 6.45) is 3.85. The smallest absolute Gasteiger partial charge is 0.242 e. The van der Waals surface area contributed by atoms with Crippen molar-refractivity contribution in [1.82, 2.24) is 15.2 Å². The first-order chi connectivity index (χ1) is 10.4. The molecule has 0 unspecified atom stereocenters. The second kappa shape index (κ2) is 6.67. The van der Waals surface area contributed by atoms with E-state index in [0.717, 1.165) is 37.6 Å². The lowest BCUT2D eigenvalue weighted by Gasteiger charge is -2.31. The van der Waals surface area contributed by atoms with Crippen molar-refractivity contribution < 1.29 is 9.15 Å². The molecule has 3 heterocycles. The Hall–Kier alpha value is -1.95. The molecule has 0 aromatic carbocycles. The molecule has 3 rings (SSSR count). The summed E-state index contributed by atoms with van der Waals surface area (Å²) in [5, 5.41) is 8.20. The summed E-state index contributed by atoms with van der Waals surface area (Å²) in [5.41, 5.74) is 0. The van der Waals surface area contributed by atoms with Gasteiger partial charge in [-0.2, -0.15) is 0 Å². The topological polar surface area (TPSA) is 64.3 Å². The van der Waals surface area contributed by atoms with E-state index in [-0.39, 0.29) is 0 Å². The molecule has 0 aliphatic carbocycles. The van der Waals surface area contributed by atoms with E-state index in [1.54, 1.807) is 0 Å². The molecular weight excluding hydrogens is 268 g/mol. The van der Waals surface area contributed by atoms with Crippen molar-refractivity contribution in [3.63, 3.8) is 0 Å². The fourth-order valence-corrected chi connectivity index (χ4v) is 2.58. The van der Waals surface area contributed by atoms with Crippen LogP contribution < -0.4 is 4.90 Å². The third kappa shape index (κ3) is 3.39. The van der Waals surface area contributed by atoms with Gasteiger partial charge in [0.15, 0.2) is 0 Å². The standard InChI is InChI=1S/C15H20N4O2/c1-2-20-11-14-17-18-15(21-14)12-6-9-19(10-7-12)13-5-3-4-8-16-13/h3-5,8,12H,2,6-7,9-11H2,1H3. The van der Waals surface area contributed by atoms with Crippen molar-refractivity contribution in [2.45, 2.75) is 32.3 Å². The first-order valence-corrected chi connectivity index (χ1v) is 7.43. The molecule has 0 atom stereocenters. The van der Waals surface area contributed by atoms with Crippen molar-refractivity contribution in [2.75, 3.05) is 24.6 Å². The fraction of sp³-hybridized carbons (Fsp3) is 0.533. The number of hydrogen-bond donors (Lipinski definition) is 0. The van der Waals surface area contributed by atoms with Gasteiger partial charge in [-0.25, -0.2) is 4.98 Å².